The summed E-state index contributed by atoms with van der Waals surface area (Å²) in [6.45, 7) is 7.99. The Kier molecular flexibility index (Phi) is 8.35. The molecule has 80 valence electrons. The Morgan fingerprint density at radius 1 is 1.00 bits per heavy atom. The van der Waals surface area contributed by atoms with Gasteiger partial charge in [0.1, 0.15) is 0 Å². The van der Waals surface area contributed by atoms with Gasteiger partial charge in [-0.2, -0.15) is 0 Å². The van der Waals surface area contributed by atoms with E-state index in [1.165, 1.54) is 12.8 Å². The molecule has 0 N–H and O–H groups in total. The average molecular weight is 269 g/mol. The summed E-state index contributed by atoms with van der Waals surface area (Å²) in [5, 5.41) is 0. The highest BCUT2D eigenvalue weighted by Gasteiger charge is 2.27. The summed E-state index contributed by atoms with van der Waals surface area (Å²) in [6.07, 6.45) is 4.58. The predicted octanol–water partition coefficient (Wildman–Crippen LogP) is 3.58. The van der Waals surface area contributed by atoms with Crippen LogP contribution in [0.3, 0.4) is 0 Å². The number of unbranched alkanes of at least 4 members (excludes halogenated alkanes) is 2. The molecule has 4 heteroatoms. The van der Waals surface area contributed by atoms with Crippen LogP contribution in [0.2, 0.25) is 6.55 Å². The van der Waals surface area contributed by atoms with Gasteiger partial charge in [-0.3, -0.25) is 0 Å². The molecular weight excluding hydrogens is 248 g/mol. The van der Waals surface area contributed by atoms with Gasteiger partial charge in [0.15, 0.2) is 0 Å². The highest BCUT2D eigenvalue weighted by molar-refractivity contribution is 9.25. The summed E-state index contributed by atoms with van der Waals surface area (Å²) >= 11 is 3.54. The molecule has 0 saturated heterocycles. The van der Waals surface area contributed by atoms with Crippen LogP contribution in [0.15, 0.2) is 0 Å². The third-order valence-electron chi connectivity index (χ3n) is 1.72. The molecular formula is C9H21BrO2Si. The molecule has 0 saturated carbocycles. The molecule has 0 aromatic rings. The van der Waals surface area contributed by atoms with Gasteiger partial charge in [-0.05, 0) is 19.4 Å². The highest BCUT2D eigenvalue weighted by Crippen LogP contribution is 2.16. The van der Waals surface area contributed by atoms with Gasteiger partial charge in [-0.25, -0.2) is 0 Å². The Hall–Kier alpha value is 0.617. The zero-order valence-electron chi connectivity index (χ0n) is 8.94. The van der Waals surface area contributed by atoms with Crippen molar-refractivity contribution in [3.63, 3.8) is 0 Å². The highest BCUT2D eigenvalue weighted by atomic mass is 79.9. The van der Waals surface area contributed by atoms with E-state index in [9.17, 15) is 0 Å². The van der Waals surface area contributed by atoms with Gasteiger partial charge in [0.05, 0.1) is 0 Å². The van der Waals surface area contributed by atoms with Crippen molar-refractivity contribution in [1.82, 2.24) is 0 Å². The standard InChI is InChI=1S/C9H21BrO2Si/c1-4-6-8-11-13(3,10)12-9-7-5-2/h4-9H2,1-3H3. The Labute approximate surface area is 90.8 Å². The molecule has 0 amide bonds. The van der Waals surface area contributed by atoms with Crippen LogP contribution in [0.1, 0.15) is 39.5 Å². The smallest absolute Gasteiger partial charge is 0.386 e. The van der Waals surface area contributed by atoms with E-state index in [0.29, 0.717) is 0 Å². The second-order valence-electron chi connectivity index (χ2n) is 3.24. The van der Waals surface area contributed by atoms with Crippen LogP contribution < -0.4 is 0 Å². The second kappa shape index (κ2) is 7.97. The zero-order valence-corrected chi connectivity index (χ0v) is 11.5. The maximum atomic E-state index is 5.65. The molecule has 0 atom stereocenters. The molecule has 0 aliphatic carbocycles. The third-order valence-corrected chi connectivity index (χ3v) is 4.53. The van der Waals surface area contributed by atoms with Crippen molar-refractivity contribution < 1.29 is 8.85 Å². The van der Waals surface area contributed by atoms with Crippen molar-refractivity contribution in [2.75, 3.05) is 13.2 Å². The van der Waals surface area contributed by atoms with Crippen LogP contribution >= 0.6 is 15.3 Å². The molecule has 0 rings (SSSR count). The number of hydrogen-bond donors (Lipinski definition) is 0. The van der Waals surface area contributed by atoms with E-state index in [1.54, 1.807) is 0 Å². The van der Waals surface area contributed by atoms with Gasteiger partial charge in [0, 0.05) is 13.2 Å². The summed E-state index contributed by atoms with van der Waals surface area (Å²) in [6, 6.07) is 0. The van der Waals surface area contributed by atoms with Crippen LogP contribution in [-0.4, -0.2) is 20.4 Å². The van der Waals surface area contributed by atoms with Crippen molar-refractivity contribution in [3.05, 3.63) is 0 Å². The maximum Gasteiger partial charge on any atom is 0.411 e. The summed E-state index contributed by atoms with van der Waals surface area (Å²) < 4.78 is 11.3. The molecule has 0 radical (unpaired) electrons. The first-order valence-corrected chi connectivity index (χ1v) is 9.66. The lowest BCUT2D eigenvalue weighted by Crippen LogP contribution is -2.32. The molecule has 0 aliphatic heterocycles. The number of hydrogen-bond acceptors (Lipinski definition) is 2. The second-order valence-corrected chi connectivity index (χ2v) is 9.81. The fourth-order valence-corrected chi connectivity index (χ4v) is 2.91. The minimum Gasteiger partial charge on any atom is -0.386 e. The Morgan fingerprint density at radius 3 is 1.69 bits per heavy atom. The van der Waals surface area contributed by atoms with Gasteiger partial charge in [-0.15, -0.1) is 0 Å². The summed E-state index contributed by atoms with van der Waals surface area (Å²) in [5.41, 5.74) is 0. The fraction of sp³-hybridized carbons (Fsp3) is 1.00. The largest absolute Gasteiger partial charge is 0.411 e. The van der Waals surface area contributed by atoms with Crippen LogP contribution in [0.5, 0.6) is 0 Å². The fourth-order valence-electron chi connectivity index (χ4n) is 0.839. The molecule has 0 heterocycles. The molecule has 2 nitrogen and oxygen atoms in total. The van der Waals surface area contributed by atoms with Crippen molar-refractivity contribution in [2.24, 2.45) is 0 Å². The van der Waals surface area contributed by atoms with Crippen molar-refractivity contribution >= 4 is 22.5 Å². The van der Waals surface area contributed by atoms with Gasteiger partial charge in [0.2, 0.25) is 0 Å². The van der Waals surface area contributed by atoms with E-state index in [2.05, 4.69) is 29.1 Å². The van der Waals surface area contributed by atoms with Gasteiger partial charge in [0.25, 0.3) is 0 Å². The minimum absolute atomic E-state index is 0.816. The minimum atomic E-state index is -1.97. The van der Waals surface area contributed by atoms with Gasteiger partial charge >= 0.3 is 7.18 Å². The quantitative estimate of drug-likeness (QED) is 0.381. The Bertz CT molecular complexity index is 108. The molecule has 0 fully saturated rings. The Balaban J connectivity index is 3.42. The van der Waals surface area contributed by atoms with E-state index in [4.69, 9.17) is 8.85 Å². The molecule has 0 unspecified atom stereocenters. The van der Waals surface area contributed by atoms with Crippen LogP contribution in [0, 0.1) is 0 Å². The van der Waals surface area contributed by atoms with Crippen LogP contribution in [0.4, 0.5) is 0 Å². The average Bonchev–Trinajstić information content (AvgIpc) is 2.05. The zero-order chi connectivity index (χ0) is 10.2. The SMILES string of the molecule is CCCCO[Si](C)(Br)OCCCC. The van der Waals surface area contributed by atoms with Crippen molar-refractivity contribution in [3.8, 4) is 0 Å². The van der Waals surface area contributed by atoms with Gasteiger partial charge < -0.3 is 8.85 Å². The summed E-state index contributed by atoms with van der Waals surface area (Å²) in [4.78, 5) is 0. The number of halogens is 1. The first kappa shape index (κ1) is 13.6. The molecule has 0 aromatic heterocycles. The lowest BCUT2D eigenvalue weighted by molar-refractivity contribution is 0.191. The summed E-state index contributed by atoms with van der Waals surface area (Å²) in [7, 11) is -1.97. The molecule has 0 aromatic carbocycles. The lowest BCUT2D eigenvalue weighted by atomic mass is 10.4. The van der Waals surface area contributed by atoms with E-state index in [-0.39, 0.29) is 0 Å². The molecule has 0 aliphatic rings. The monoisotopic (exact) mass is 268 g/mol. The first-order valence-electron chi connectivity index (χ1n) is 5.09. The third kappa shape index (κ3) is 8.93. The molecule has 0 spiro atoms. The van der Waals surface area contributed by atoms with E-state index in [1.807, 2.05) is 6.55 Å². The Morgan fingerprint density at radius 2 is 1.38 bits per heavy atom. The maximum absolute atomic E-state index is 5.65. The van der Waals surface area contributed by atoms with Gasteiger partial charge in [-0.1, -0.05) is 42.0 Å². The molecule has 0 bridgehead atoms. The number of rotatable bonds is 8. The predicted molar refractivity (Wildman–Crippen MR) is 62.3 cm³/mol. The van der Waals surface area contributed by atoms with E-state index in [0.717, 1.165) is 26.1 Å². The van der Waals surface area contributed by atoms with E-state index >= 15 is 0 Å². The normalized spacial score (nSPS) is 12.0. The topological polar surface area (TPSA) is 18.5 Å². The van der Waals surface area contributed by atoms with Crippen LogP contribution in [-0.2, 0) is 8.85 Å². The first-order chi connectivity index (χ1) is 6.12. The van der Waals surface area contributed by atoms with E-state index < -0.39 is 7.18 Å². The van der Waals surface area contributed by atoms with Crippen LogP contribution in [0.25, 0.3) is 0 Å². The van der Waals surface area contributed by atoms with Crippen molar-refractivity contribution in [1.29, 1.82) is 0 Å². The molecule has 13 heavy (non-hydrogen) atoms. The summed E-state index contributed by atoms with van der Waals surface area (Å²) in [5.74, 6) is 0. The lowest BCUT2D eigenvalue weighted by Gasteiger charge is -2.20. The van der Waals surface area contributed by atoms with Crippen molar-refractivity contribution in [2.45, 2.75) is 46.1 Å².